The first-order valence-corrected chi connectivity index (χ1v) is 8.56. The molecule has 4 heteroatoms. The zero-order valence-electron chi connectivity index (χ0n) is 14.0. The molecule has 0 saturated carbocycles. The Kier molecular flexibility index (Phi) is 6.03. The van der Waals surface area contributed by atoms with E-state index in [1.54, 1.807) is 0 Å². The average molecular weight is 347 g/mol. The molecule has 0 fully saturated rings. The largest absolute Gasteiger partial charge is 0.355 e. The summed E-state index contributed by atoms with van der Waals surface area (Å²) in [4.78, 5) is 0. The van der Waals surface area contributed by atoms with Gasteiger partial charge in [0.25, 0.3) is 0 Å². The molecule has 0 bridgehead atoms. The van der Waals surface area contributed by atoms with E-state index in [0.717, 1.165) is 5.69 Å². The van der Waals surface area contributed by atoms with Crippen molar-refractivity contribution in [3.8, 4) is 0 Å². The van der Waals surface area contributed by atoms with Crippen molar-refractivity contribution in [2.24, 2.45) is 5.92 Å². The molecule has 1 unspecified atom stereocenters. The minimum Gasteiger partial charge on any atom is -0.355 e. The number of halogens is 1. The predicted octanol–water partition coefficient (Wildman–Crippen LogP) is 5.64. The molecule has 1 atom stereocenters. The molecule has 0 saturated heterocycles. The van der Waals surface area contributed by atoms with Crippen molar-refractivity contribution in [1.29, 1.82) is 0 Å². The number of rotatable bonds is 4. The molecule has 0 aliphatic carbocycles. The van der Waals surface area contributed by atoms with E-state index in [-0.39, 0.29) is 6.04 Å². The molecule has 0 aromatic heterocycles. The summed E-state index contributed by atoms with van der Waals surface area (Å²) in [6.07, 6.45) is 0. The maximum Gasteiger partial charge on any atom is 0.171 e. The summed E-state index contributed by atoms with van der Waals surface area (Å²) in [7, 11) is 0. The minimum absolute atomic E-state index is 0.151. The van der Waals surface area contributed by atoms with Crippen LogP contribution in [0.1, 0.15) is 36.6 Å². The van der Waals surface area contributed by atoms with Crippen LogP contribution in [-0.4, -0.2) is 5.11 Å². The van der Waals surface area contributed by atoms with E-state index in [1.807, 2.05) is 24.3 Å². The van der Waals surface area contributed by atoms with E-state index < -0.39 is 0 Å². The van der Waals surface area contributed by atoms with E-state index in [4.69, 9.17) is 23.8 Å². The smallest absolute Gasteiger partial charge is 0.171 e. The van der Waals surface area contributed by atoms with Gasteiger partial charge in [-0.3, -0.25) is 0 Å². The third-order valence-electron chi connectivity index (χ3n) is 3.84. The summed E-state index contributed by atoms with van der Waals surface area (Å²) < 4.78 is 0. The Bertz CT molecular complexity index is 698. The van der Waals surface area contributed by atoms with Crippen LogP contribution in [0.2, 0.25) is 5.02 Å². The van der Waals surface area contributed by atoms with E-state index in [2.05, 4.69) is 56.5 Å². The SMILES string of the molecule is Cc1ccc(C(NC(=S)Nc2ccccc2Cl)C(C)C)c(C)c1. The van der Waals surface area contributed by atoms with Gasteiger partial charge in [0, 0.05) is 0 Å². The van der Waals surface area contributed by atoms with Crippen LogP contribution < -0.4 is 10.6 Å². The highest BCUT2D eigenvalue weighted by atomic mass is 35.5. The van der Waals surface area contributed by atoms with Gasteiger partial charge >= 0.3 is 0 Å². The Labute approximate surface area is 149 Å². The molecule has 23 heavy (non-hydrogen) atoms. The number of thiocarbonyl (C=S) groups is 1. The fourth-order valence-electron chi connectivity index (χ4n) is 2.64. The molecular weight excluding hydrogens is 324 g/mol. The van der Waals surface area contributed by atoms with Gasteiger partial charge in [-0.05, 0) is 55.2 Å². The maximum atomic E-state index is 6.18. The van der Waals surface area contributed by atoms with Gasteiger partial charge in [-0.2, -0.15) is 0 Å². The second-order valence-corrected chi connectivity index (χ2v) is 6.98. The van der Waals surface area contributed by atoms with Gasteiger partial charge < -0.3 is 10.6 Å². The lowest BCUT2D eigenvalue weighted by Gasteiger charge is -2.26. The van der Waals surface area contributed by atoms with Crippen LogP contribution in [0.4, 0.5) is 5.69 Å². The Balaban J connectivity index is 2.16. The van der Waals surface area contributed by atoms with E-state index >= 15 is 0 Å². The maximum absolute atomic E-state index is 6.18. The molecule has 0 aliphatic heterocycles. The summed E-state index contributed by atoms with van der Waals surface area (Å²) in [6.45, 7) is 8.63. The molecule has 0 radical (unpaired) electrons. The van der Waals surface area contributed by atoms with Crippen LogP contribution in [-0.2, 0) is 0 Å². The van der Waals surface area contributed by atoms with Crippen molar-refractivity contribution >= 4 is 34.6 Å². The fourth-order valence-corrected chi connectivity index (χ4v) is 3.06. The number of aryl methyl sites for hydroxylation is 2. The molecule has 0 spiro atoms. The van der Waals surface area contributed by atoms with Gasteiger partial charge in [-0.25, -0.2) is 0 Å². The van der Waals surface area contributed by atoms with Crippen LogP contribution in [0.15, 0.2) is 42.5 Å². The highest BCUT2D eigenvalue weighted by Crippen LogP contribution is 2.26. The van der Waals surface area contributed by atoms with Gasteiger partial charge in [0.2, 0.25) is 0 Å². The average Bonchev–Trinajstić information content (AvgIpc) is 2.48. The van der Waals surface area contributed by atoms with Crippen LogP contribution in [0, 0.1) is 19.8 Å². The van der Waals surface area contributed by atoms with Gasteiger partial charge in [-0.1, -0.05) is 61.3 Å². The third kappa shape index (κ3) is 4.69. The zero-order valence-corrected chi connectivity index (χ0v) is 15.6. The van der Waals surface area contributed by atoms with Gasteiger partial charge in [-0.15, -0.1) is 0 Å². The third-order valence-corrected chi connectivity index (χ3v) is 4.39. The van der Waals surface area contributed by atoms with E-state index in [1.165, 1.54) is 16.7 Å². The fraction of sp³-hybridized carbons (Fsp3) is 0.316. The van der Waals surface area contributed by atoms with Crippen molar-refractivity contribution in [3.63, 3.8) is 0 Å². The van der Waals surface area contributed by atoms with Crippen molar-refractivity contribution in [2.45, 2.75) is 33.7 Å². The highest BCUT2D eigenvalue weighted by Gasteiger charge is 2.19. The first kappa shape index (κ1) is 17.8. The molecule has 0 heterocycles. The summed E-state index contributed by atoms with van der Waals surface area (Å²) in [5.74, 6) is 0.405. The van der Waals surface area contributed by atoms with E-state index in [9.17, 15) is 0 Å². The van der Waals surface area contributed by atoms with Crippen LogP contribution in [0.3, 0.4) is 0 Å². The van der Waals surface area contributed by atoms with E-state index in [0.29, 0.717) is 16.1 Å². The molecule has 122 valence electrons. The monoisotopic (exact) mass is 346 g/mol. The summed E-state index contributed by atoms with van der Waals surface area (Å²) in [5.41, 5.74) is 4.63. The zero-order chi connectivity index (χ0) is 17.0. The van der Waals surface area contributed by atoms with Crippen LogP contribution in [0.5, 0.6) is 0 Å². The Morgan fingerprint density at radius 1 is 1.09 bits per heavy atom. The summed E-state index contributed by atoms with van der Waals surface area (Å²) >= 11 is 11.7. The molecule has 0 aliphatic rings. The topological polar surface area (TPSA) is 24.1 Å². The number of hydrogen-bond donors (Lipinski definition) is 2. The van der Waals surface area contributed by atoms with Crippen LogP contribution >= 0.6 is 23.8 Å². The standard InChI is InChI=1S/C19H23ClN2S/c1-12(2)18(15-10-9-13(3)11-14(15)4)22-19(23)21-17-8-6-5-7-16(17)20/h5-12,18H,1-4H3,(H2,21,22,23). The molecule has 2 aromatic carbocycles. The second kappa shape index (κ2) is 7.80. The first-order valence-electron chi connectivity index (χ1n) is 7.77. The number of nitrogens with one attached hydrogen (secondary N) is 2. The Morgan fingerprint density at radius 3 is 2.39 bits per heavy atom. The van der Waals surface area contributed by atoms with Gasteiger partial charge in [0.1, 0.15) is 0 Å². The van der Waals surface area contributed by atoms with Crippen molar-refractivity contribution in [1.82, 2.24) is 5.32 Å². The lowest BCUT2D eigenvalue weighted by molar-refractivity contribution is 0.471. The predicted molar refractivity (Wildman–Crippen MR) is 104 cm³/mol. The van der Waals surface area contributed by atoms with Crippen molar-refractivity contribution < 1.29 is 0 Å². The van der Waals surface area contributed by atoms with Crippen molar-refractivity contribution in [2.75, 3.05) is 5.32 Å². The minimum atomic E-state index is 0.151. The molecule has 2 nitrogen and oxygen atoms in total. The Hall–Kier alpha value is -1.58. The van der Waals surface area contributed by atoms with Gasteiger partial charge in [0.05, 0.1) is 16.8 Å². The lowest BCUT2D eigenvalue weighted by Crippen LogP contribution is -2.35. The number of para-hydroxylation sites is 1. The quantitative estimate of drug-likeness (QED) is 0.700. The number of benzene rings is 2. The molecule has 2 rings (SSSR count). The number of anilines is 1. The molecular formula is C19H23ClN2S. The molecule has 2 N–H and O–H groups in total. The highest BCUT2D eigenvalue weighted by molar-refractivity contribution is 7.80. The normalized spacial score (nSPS) is 12.1. The Morgan fingerprint density at radius 2 is 1.78 bits per heavy atom. The molecule has 0 amide bonds. The van der Waals surface area contributed by atoms with Crippen LogP contribution in [0.25, 0.3) is 0 Å². The number of hydrogen-bond acceptors (Lipinski definition) is 1. The summed E-state index contributed by atoms with van der Waals surface area (Å²) in [6, 6.07) is 14.3. The summed E-state index contributed by atoms with van der Waals surface area (Å²) in [5, 5.41) is 7.85. The first-order chi connectivity index (χ1) is 10.9. The molecule has 2 aromatic rings. The van der Waals surface area contributed by atoms with Crippen molar-refractivity contribution in [3.05, 3.63) is 64.2 Å². The lowest BCUT2D eigenvalue weighted by atomic mass is 9.92. The van der Waals surface area contributed by atoms with Gasteiger partial charge in [0.15, 0.2) is 5.11 Å². The second-order valence-electron chi connectivity index (χ2n) is 6.16.